The molecule has 0 bridgehead atoms. The average molecular weight is 307 g/mol. The summed E-state index contributed by atoms with van der Waals surface area (Å²) in [7, 11) is 0. The first-order valence-corrected chi connectivity index (χ1v) is 9.33. The van der Waals surface area contributed by atoms with E-state index in [1.54, 1.807) is 0 Å². The normalized spacial score (nSPS) is 11.3. The molecule has 0 amide bonds. The van der Waals surface area contributed by atoms with Gasteiger partial charge in [-0.1, -0.05) is 58.9 Å². The second-order valence-electron chi connectivity index (χ2n) is 5.69. The Labute approximate surface area is 133 Å². The highest BCUT2D eigenvalue weighted by atomic mass is 32.2. The molecular formula is C18H26S2. The van der Waals surface area contributed by atoms with Crippen molar-refractivity contribution in [3.05, 3.63) is 47.2 Å². The van der Waals surface area contributed by atoms with Gasteiger partial charge < -0.3 is 0 Å². The number of allylic oxidation sites excluding steroid dienone is 1. The van der Waals surface area contributed by atoms with E-state index in [1.165, 1.54) is 11.1 Å². The van der Waals surface area contributed by atoms with Crippen molar-refractivity contribution in [1.29, 1.82) is 0 Å². The van der Waals surface area contributed by atoms with Gasteiger partial charge >= 0.3 is 0 Å². The smallest absolute Gasteiger partial charge is 0.0757 e. The molecule has 0 aromatic heterocycles. The van der Waals surface area contributed by atoms with Crippen LogP contribution in [0.5, 0.6) is 0 Å². The van der Waals surface area contributed by atoms with Crippen LogP contribution >= 0.6 is 23.5 Å². The molecule has 0 spiro atoms. The number of hydrogen-bond acceptors (Lipinski definition) is 2. The highest BCUT2D eigenvalue weighted by molar-refractivity contribution is 8.16. The minimum absolute atomic E-state index is 0.182. The van der Waals surface area contributed by atoms with E-state index < -0.39 is 0 Å². The minimum atomic E-state index is 0.182. The van der Waals surface area contributed by atoms with E-state index in [1.807, 2.05) is 23.5 Å². The summed E-state index contributed by atoms with van der Waals surface area (Å²) in [5, 5.41) is 0. The lowest BCUT2D eigenvalue weighted by molar-refractivity contribution is 0.545. The summed E-state index contributed by atoms with van der Waals surface area (Å²) < 4.78 is 0.522. The maximum Gasteiger partial charge on any atom is 0.0757 e. The zero-order chi connectivity index (χ0) is 15.0. The fourth-order valence-corrected chi connectivity index (χ4v) is 4.36. The third-order valence-electron chi connectivity index (χ3n) is 2.64. The molecule has 1 rings (SSSR count). The summed E-state index contributed by atoms with van der Waals surface area (Å²) in [6, 6.07) is 8.69. The van der Waals surface area contributed by atoms with Crippen LogP contribution in [-0.4, -0.2) is 11.5 Å². The van der Waals surface area contributed by atoms with Gasteiger partial charge in [0.1, 0.15) is 0 Å². The van der Waals surface area contributed by atoms with E-state index >= 15 is 0 Å². The quantitative estimate of drug-likeness (QED) is 0.440. The molecule has 0 aliphatic rings. The first kappa shape index (κ1) is 17.5. The van der Waals surface area contributed by atoms with Crippen molar-refractivity contribution in [1.82, 2.24) is 0 Å². The van der Waals surface area contributed by atoms with Crippen LogP contribution in [0.4, 0.5) is 0 Å². The lowest BCUT2D eigenvalue weighted by Gasteiger charge is -2.17. The van der Waals surface area contributed by atoms with Crippen molar-refractivity contribution >= 4 is 29.6 Å². The molecule has 0 radical (unpaired) electrons. The second kappa shape index (κ2) is 8.67. The third kappa shape index (κ3) is 6.26. The maximum absolute atomic E-state index is 3.35. The Morgan fingerprint density at radius 2 is 1.70 bits per heavy atom. The number of hydrogen-bond donors (Lipinski definition) is 0. The van der Waals surface area contributed by atoms with Gasteiger partial charge in [0.05, 0.1) is 4.58 Å². The van der Waals surface area contributed by atoms with E-state index in [2.05, 4.69) is 76.8 Å². The van der Waals surface area contributed by atoms with Crippen molar-refractivity contribution < 1.29 is 0 Å². The Hall–Kier alpha value is -0.560. The number of thioether (sulfide) groups is 2. The maximum atomic E-state index is 3.35. The van der Waals surface area contributed by atoms with E-state index in [0.717, 1.165) is 11.5 Å². The molecule has 2 heteroatoms. The second-order valence-corrected chi connectivity index (χ2v) is 8.76. The molecular weight excluding hydrogens is 280 g/mol. The van der Waals surface area contributed by atoms with Crippen LogP contribution in [0.2, 0.25) is 0 Å². The molecule has 0 unspecified atom stereocenters. The van der Waals surface area contributed by atoms with Gasteiger partial charge in [0.25, 0.3) is 0 Å². The molecule has 0 N–H and O–H groups in total. The van der Waals surface area contributed by atoms with Crippen LogP contribution in [-0.2, 0) is 0 Å². The third-order valence-corrected chi connectivity index (χ3v) is 5.24. The van der Waals surface area contributed by atoms with Gasteiger partial charge in [-0.15, -0.1) is 29.3 Å². The molecule has 0 fully saturated rings. The van der Waals surface area contributed by atoms with Crippen LogP contribution in [0, 0.1) is 5.41 Å². The van der Waals surface area contributed by atoms with Gasteiger partial charge in [-0.2, -0.15) is 0 Å². The Morgan fingerprint density at radius 3 is 2.25 bits per heavy atom. The lowest BCUT2D eigenvalue weighted by Crippen LogP contribution is -1.97. The molecule has 0 nitrogen and oxygen atoms in total. The van der Waals surface area contributed by atoms with Crippen molar-refractivity contribution in [3.8, 4) is 0 Å². The number of rotatable bonds is 6. The van der Waals surface area contributed by atoms with E-state index in [-0.39, 0.29) is 5.41 Å². The standard InChI is InChI=1S/C18H26S2/c1-6-19-17(20-7-2)16-13-9-8-11-15(16)12-10-14-18(3,4)5/h8-9,11-14,17H,6-7H2,1-5H3. The van der Waals surface area contributed by atoms with Crippen LogP contribution in [0.15, 0.2) is 36.1 Å². The van der Waals surface area contributed by atoms with Gasteiger partial charge in [0.2, 0.25) is 0 Å². The fourth-order valence-electron chi connectivity index (χ4n) is 1.77. The first-order valence-electron chi connectivity index (χ1n) is 7.23. The van der Waals surface area contributed by atoms with E-state index in [4.69, 9.17) is 0 Å². The monoisotopic (exact) mass is 306 g/mol. The van der Waals surface area contributed by atoms with Gasteiger partial charge in [-0.05, 0) is 40.2 Å². The van der Waals surface area contributed by atoms with E-state index in [9.17, 15) is 0 Å². The van der Waals surface area contributed by atoms with Crippen molar-refractivity contribution in [2.45, 2.75) is 39.2 Å². The molecule has 1 aromatic rings. The summed E-state index contributed by atoms with van der Waals surface area (Å²) in [4.78, 5) is 0. The highest BCUT2D eigenvalue weighted by Crippen LogP contribution is 2.40. The molecule has 0 saturated heterocycles. The first-order chi connectivity index (χ1) is 9.48. The van der Waals surface area contributed by atoms with Crippen LogP contribution in [0.1, 0.15) is 50.3 Å². The summed E-state index contributed by atoms with van der Waals surface area (Å²) in [6.07, 6.45) is 4.26. The van der Waals surface area contributed by atoms with Gasteiger partial charge in [-0.25, -0.2) is 0 Å². The molecule has 0 heterocycles. The Kier molecular flexibility index (Phi) is 7.58. The molecule has 0 atom stereocenters. The predicted molar refractivity (Wildman–Crippen MR) is 97.4 cm³/mol. The highest BCUT2D eigenvalue weighted by Gasteiger charge is 2.13. The van der Waals surface area contributed by atoms with Gasteiger partial charge in [0.15, 0.2) is 0 Å². The van der Waals surface area contributed by atoms with Gasteiger partial charge in [-0.3, -0.25) is 0 Å². The Bertz CT molecular complexity index is 457. The molecule has 0 aliphatic carbocycles. The molecule has 20 heavy (non-hydrogen) atoms. The fraction of sp³-hybridized carbons (Fsp3) is 0.500. The molecule has 110 valence electrons. The summed E-state index contributed by atoms with van der Waals surface area (Å²) >= 11 is 4.02. The van der Waals surface area contributed by atoms with Crippen molar-refractivity contribution in [2.24, 2.45) is 5.41 Å². The van der Waals surface area contributed by atoms with Crippen LogP contribution in [0.25, 0.3) is 6.08 Å². The van der Waals surface area contributed by atoms with Crippen molar-refractivity contribution in [3.63, 3.8) is 0 Å². The predicted octanol–water partition coefficient (Wildman–Crippen LogP) is 6.41. The zero-order valence-electron chi connectivity index (χ0n) is 13.3. The molecule has 1 aromatic carbocycles. The molecule has 0 aliphatic heterocycles. The van der Waals surface area contributed by atoms with E-state index in [0.29, 0.717) is 4.58 Å². The largest absolute Gasteiger partial charge is 0.143 e. The topological polar surface area (TPSA) is 0 Å². The Balaban J connectivity index is 3.06. The lowest BCUT2D eigenvalue weighted by atomic mass is 9.97. The van der Waals surface area contributed by atoms with Crippen molar-refractivity contribution in [2.75, 3.05) is 11.5 Å². The summed E-state index contributed by atoms with van der Waals surface area (Å²) in [5.74, 6) is 2.29. The van der Waals surface area contributed by atoms with Crippen LogP contribution in [0.3, 0.4) is 0 Å². The Morgan fingerprint density at radius 1 is 1.10 bits per heavy atom. The zero-order valence-corrected chi connectivity index (χ0v) is 14.9. The minimum Gasteiger partial charge on any atom is -0.143 e. The SMILES string of the molecule is CCSC(SCC)c1ccccc1C=C=CC(C)(C)C. The molecule has 0 saturated carbocycles. The number of benzene rings is 1. The summed E-state index contributed by atoms with van der Waals surface area (Å²) in [5.41, 5.74) is 6.24. The average Bonchev–Trinajstić information content (AvgIpc) is 2.38. The van der Waals surface area contributed by atoms with Gasteiger partial charge in [0, 0.05) is 0 Å². The van der Waals surface area contributed by atoms with Crippen LogP contribution < -0.4 is 0 Å². The summed E-state index contributed by atoms with van der Waals surface area (Å²) in [6.45, 7) is 11.0.